The Hall–Kier alpha value is -0.810. The number of likely N-dealkylation sites (tertiary alicyclic amines) is 1. The van der Waals surface area contributed by atoms with Gasteiger partial charge in [-0.05, 0) is 38.3 Å². The molecule has 104 valence electrons. The Morgan fingerprint density at radius 2 is 2.28 bits per heavy atom. The van der Waals surface area contributed by atoms with Crippen molar-refractivity contribution in [3.05, 3.63) is 0 Å². The second-order valence-electron chi connectivity index (χ2n) is 5.07. The van der Waals surface area contributed by atoms with Crippen LogP contribution in [-0.4, -0.2) is 49.4 Å². The van der Waals surface area contributed by atoms with Gasteiger partial charge in [-0.2, -0.15) is 0 Å². The van der Waals surface area contributed by atoms with Crippen molar-refractivity contribution in [1.29, 1.82) is 0 Å². The molecule has 2 saturated heterocycles. The highest BCUT2D eigenvalue weighted by molar-refractivity contribution is 5.88. The summed E-state index contributed by atoms with van der Waals surface area (Å²) >= 11 is 0. The van der Waals surface area contributed by atoms with Crippen molar-refractivity contribution in [2.24, 2.45) is 5.92 Å². The topological polar surface area (TPSA) is 61.4 Å². The van der Waals surface area contributed by atoms with Crippen LogP contribution in [0.1, 0.15) is 25.7 Å². The Balaban J connectivity index is 0.00000162. The molecule has 0 bridgehead atoms. The third kappa shape index (κ3) is 3.85. The molecule has 0 aromatic heterocycles. The molecule has 2 fully saturated rings. The lowest BCUT2D eigenvalue weighted by Crippen LogP contribution is -2.40. The molecular formula is C12H22ClN3O2. The standard InChI is InChI=1S/C12H21N3O2.ClH/c1-15-7-5-10(12(15)17)14-11(16)3-2-9-4-6-13-8-9;/h9-10,13H,2-8H2,1H3,(H,14,16);1H. The van der Waals surface area contributed by atoms with E-state index in [2.05, 4.69) is 10.6 Å². The summed E-state index contributed by atoms with van der Waals surface area (Å²) in [5.74, 6) is 0.689. The molecule has 0 spiro atoms. The van der Waals surface area contributed by atoms with Gasteiger partial charge < -0.3 is 15.5 Å². The van der Waals surface area contributed by atoms with Gasteiger partial charge in [0.1, 0.15) is 6.04 Å². The van der Waals surface area contributed by atoms with Crippen molar-refractivity contribution < 1.29 is 9.59 Å². The molecule has 0 aliphatic carbocycles. The lowest BCUT2D eigenvalue weighted by molar-refractivity contribution is -0.131. The minimum atomic E-state index is -0.283. The third-order valence-corrected chi connectivity index (χ3v) is 3.70. The van der Waals surface area contributed by atoms with E-state index < -0.39 is 0 Å². The normalized spacial score (nSPS) is 27.2. The molecule has 0 aromatic rings. The zero-order chi connectivity index (χ0) is 12.3. The van der Waals surface area contributed by atoms with Crippen LogP contribution in [0.2, 0.25) is 0 Å². The highest BCUT2D eigenvalue weighted by Gasteiger charge is 2.30. The Bertz CT molecular complexity index is 306. The third-order valence-electron chi connectivity index (χ3n) is 3.70. The molecule has 2 aliphatic heterocycles. The van der Waals surface area contributed by atoms with E-state index >= 15 is 0 Å². The molecule has 6 heteroatoms. The molecule has 0 saturated carbocycles. The van der Waals surface area contributed by atoms with Gasteiger partial charge in [-0.25, -0.2) is 0 Å². The predicted octanol–water partition coefficient (Wildman–Crippen LogP) is 0.145. The van der Waals surface area contributed by atoms with Gasteiger partial charge in [-0.1, -0.05) is 0 Å². The summed E-state index contributed by atoms with van der Waals surface area (Å²) < 4.78 is 0. The van der Waals surface area contributed by atoms with Crippen molar-refractivity contribution >= 4 is 24.2 Å². The average Bonchev–Trinajstić information content (AvgIpc) is 2.92. The number of nitrogens with zero attached hydrogens (tertiary/aromatic N) is 1. The maximum atomic E-state index is 11.7. The van der Waals surface area contributed by atoms with E-state index in [0.29, 0.717) is 12.3 Å². The first-order valence-electron chi connectivity index (χ1n) is 6.42. The number of likely N-dealkylation sites (N-methyl/N-ethyl adjacent to an activating group) is 1. The number of hydrogen-bond acceptors (Lipinski definition) is 3. The average molecular weight is 276 g/mol. The van der Waals surface area contributed by atoms with Gasteiger partial charge in [0.05, 0.1) is 0 Å². The zero-order valence-corrected chi connectivity index (χ0v) is 11.6. The number of nitrogens with one attached hydrogen (secondary N) is 2. The fourth-order valence-corrected chi connectivity index (χ4v) is 2.52. The summed E-state index contributed by atoms with van der Waals surface area (Å²) in [6, 6.07) is -0.283. The first-order chi connectivity index (χ1) is 8.16. The fraction of sp³-hybridized carbons (Fsp3) is 0.833. The van der Waals surface area contributed by atoms with E-state index in [9.17, 15) is 9.59 Å². The second kappa shape index (κ2) is 6.95. The number of carbonyl (C=O) groups is 2. The number of amides is 2. The smallest absolute Gasteiger partial charge is 0.244 e. The van der Waals surface area contributed by atoms with Gasteiger partial charge in [-0.3, -0.25) is 9.59 Å². The molecule has 0 radical (unpaired) electrons. The number of rotatable bonds is 4. The molecule has 18 heavy (non-hydrogen) atoms. The summed E-state index contributed by atoms with van der Waals surface area (Å²) in [6.07, 6.45) is 3.37. The maximum absolute atomic E-state index is 11.7. The molecule has 2 aliphatic rings. The van der Waals surface area contributed by atoms with E-state index in [1.54, 1.807) is 11.9 Å². The van der Waals surface area contributed by atoms with Crippen LogP contribution in [0, 0.1) is 5.92 Å². The van der Waals surface area contributed by atoms with Gasteiger partial charge >= 0.3 is 0 Å². The van der Waals surface area contributed by atoms with Crippen LogP contribution in [0.5, 0.6) is 0 Å². The van der Waals surface area contributed by atoms with Crippen molar-refractivity contribution in [1.82, 2.24) is 15.5 Å². The first kappa shape index (κ1) is 15.2. The molecule has 2 amide bonds. The van der Waals surface area contributed by atoms with Crippen LogP contribution in [-0.2, 0) is 9.59 Å². The monoisotopic (exact) mass is 275 g/mol. The minimum absolute atomic E-state index is 0. The lowest BCUT2D eigenvalue weighted by Gasteiger charge is -2.13. The molecule has 2 atom stereocenters. The highest BCUT2D eigenvalue weighted by Crippen LogP contribution is 2.15. The lowest BCUT2D eigenvalue weighted by atomic mass is 10.0. The quantitative estimate of drug-likeness (QED) is 0.768. The minimum Gasteiger partial charge on any atom is -0.344 e. The van der Waals surface area contributed by atoms with Gasteiger partial charge in [0, 0.05) is 20.0 Å². The van der Waals surface area contributed by atoms with E-state index in [4.69, 9.17) is 0 Å². The molecule has 2 rings (SSSR count). The van der Waals surface area contributed by atoms with Crippen molar-refractivity contribution in [3.8, 4) is 0 Å². The van der Waals surface area contributed by atoms with E-state index in [1.807, 2.05) is 0 Å². The van der Waals surface area contributed by atoms with Crippen LogP contribution < -0.4 is 10.6 Å². The predicted molar refractivity (Wildman–Crippen MR) is 71.6 cm³/mol. The highest BCUT2D eigenvalue weighted by atomic mass is 35.5. The van der Waals surface area contributed by atoms with Crippen molar-refractivity contribution in [2.75, 3.05) is 26.7 Å². The summed E-state index contributed by atoms with van der Waals surface area (Å²) in [7, 11) is 1.78. The molecule has 5 nitrogen and oxygen atoms in total. The van der Waals surface area contributed by atoms with Gasteiger partial charge in [0.15, 0.2) is 0 Å². The SMILES string of the molecule is CN1CCC(NC(=O)CCC2CCNC2)C1=O.Cl. The van der Waals surface area contributed by atoms with Crippen molar-refractivity contribution in [2.45, 2.75) is 31.7 Å². The summed E-state index contributed by atoms with van der Waals surface area (Å²) in [5.41, 5.74) is 0. The van der Waals surface area contributed by atoms with E-state index in [-0.39, 0.29) is 30.3 Å². The summed E-state index contributed by atoms with van der Waals surface area (Å²) in [6.45, 7) is 2.84. The zero-order valence-electron chi connectivity index (χ0n) is 10.8. The van der Waals surface area contributed by atoms with E-state index in [1.165, 1.54) is 6.42 Å². The molecule has 2 heterocycles. The van der Waals surface area contributed by atoms with Crippen LogP contribution in [0.4, 0.5) is 0 Å². The Kier molecular flexibility index (Phi) is 5.88. The number of carbonyl (C=O) groups excluding carboxylic acids is 2. The fourth-order valence-electron chi connectivity index (χ4n) is 2.52. The van der Waals surface area contributed by atoms with Crippen LogP contribution in [0.25, 0.3) is 0 Å². The molecule has 2 N–H and O–H groups in total. The van der Waals surface area contributed by atoms with Crippen molar-refractivity contribution in [3.63, 3.8) is 0 Å². The number of hydrogen-bond donors (Lipinski definition) is 2. The van der Waals surface area contributed by atoms with Gasteiger partial charge in [-0.15, -0.1) is 12.4 Å². The second-order valence-corrected chi connectivity index (χ2v) is 5.07. The first-order valence-corrected chi connectivity index (χ1v) is 6.42. The summed E-state index contributed by atoms with van der Waals surface area (Å²) in [4.78, 5) is 25.0. The molecule has 0 aromatic carbocycles. The van der Waals surface area contributed by atoms with Gasteiger partial charge in [0.25, 0.3) is 0 Å². The molecular weight excluding hydrogens is 254 g/mol. The van der Waals surface area contributed by atoms with Crippen LogP contribution >= 0.6 is 12.4 Å². The maximum Gasteiger partial charge on any atom is 0.244 e. The van der Waals surface area contributed by atoms with E-state index in [0.717, 1.165) is 32.5 Å². The largest absolute Gasteiger partial charge is 0.344 e. The summed E-state index contributed by atoms with van der Waals surface area (Å²) in [5, 5.41) is 6.12. The number of halogens is 1. The van der Waals surface area contributed by atoms with Crippen LogP contribution in [0.15, 0.2) is 0 Å². The van der Waals surface area contributed by atoms with Crippen LogP contribution in [0.3, 0.4) is 0 Å². The Morgan fingerprint density at radius 3 is 2.83 bits per heavy atom. The Labute approximate surface area is 114 Å². The molecule has 2 unspecified atom stereocenters. The Morgan fingerprint density at radius 1 is 1.50 bits per heavy atom. The van der Waals surface area contributed by atoms with Gasteiger partial charge in [0.2, 0.25) is 11.8 Å².